The molecule has 2 N–H and O–H groups in total. The fourth-order valence-corrected chi connectivity index (χ4v) is 1.51. The maximum Gasteiger partial charge on any atom is 0.170 e. The van der Waals surface area contributed by atoms with Crippen LogP contribution in [0.3, 0.4) is 0 Å². The molecule has 0 saturated carbocycles. The van der Waals surface area contributed by atoms with E-state index in [-0.39, 0.29) is 0 Å². The van der Waals surface area contributed by atoms with Crippen molar-refractivity contribution in [2.24, 2.45) is 0 Å². The number of hydrogen-bond acceptors (Lipinski definition) is 2. The Labute approximate surface area is 96.1 Å². The Bertz CT molecular complexity index is 332. The zero-order valence-electron chi connectivity index (χ0n) is 9.50. The van der Waals surface area contributed by atoms with Gasteiger partial charge in [0.2, 0.25) is 0 Å². The third-order valence-corrected chi connectivity index (χ3v) is 2.43. The first-order valence-corrected chi connectivity index (χ1v) is 5.67. The molecule has 1 aromatic heterocycles. The second kappa shape index (κ2) is 5.70. The highest BCUT2D eigenvalue weighted by Gasteiger charge is 2.05. The van der Waals surface area contributed by atoms with Crippen molar-refractivity contribution < 1.29 is 0 Å². The fourth-order valence-electron chi connectivity index (χ4n) is 1.29. The summed E-state index contributed by atoms with van der Waals surface area (Å²) in [7, 11) is 0. The van der Waals surface area contributed by atoms with Crippen LogP contribution >= 0.6 is 12.2 Å². The van der Waals surface area contributed by atoms with Crippen LogP contribution in [0.15, 0.2) is 6.20 Å². The number of aromatic nitrogens is 2. The van der Waals surface area contributed by atoms with Crippen LogP contribution in [0.1, 0.15) is 26.0 Å². The fraction of sp³-hybridized carbons (Fsp3) is 0.600. The summed E-state index contributed by atoms with van der Waals surface area (Å²) in [6.07, 6.45) is 2.87. The summed E-state index contributed by atoms with van der Waals surface area (Å²) in [4.78, 5) is 0. The van der Waals surface area contributed by atoms with Gasteiger partial charge in [-0.3, -0.25) is 4.68 Å². The van der Waals surface area contributed by atoms with Gasteiger partial charge < -0.3 is 10.6 Å². The van der Waals surface area contributed by atoms with Gasteiger partial charge in [-0.2, -0.15) is 5.10 Å². The quantitative estimate of drug-likeness (QED) is 0.770. The van der Waals surface area contributed by atoms with Gasteiger partial charge in [0.05, 0.1) is 17.6 Å². The van der Waals surface area contributed by atoms with Crippen molar-refractivity contribution in [1.29, 1.82) is 0 Å². The van der Waals surface area contributed by atoms with E-state index >= 15 is 0 Å². The van der Waals surface area contributed by atoms with E-state index in [9.17, 15) is 0 Å². The van der Waals surface area contributed by atoms with Crippen molar-refractivity contribution in [2.75, 3.05) is 11.9 Å². The average Bonchev–Trinajstić information content (AvgIpc) is 2.57. The molecule has 5 heteroatoms. The standard InChI is InChI=1S/C10H18N4S/c1-4-6-11-10(15)13-9-7-12-14(5-2)8(9)3/h7H,4-6H2,1-3H3,(H2,11,13,15). The minimum atomic E-state index is 0.663. The third-order valence-electron chi connectivity index (χ3n) is 2.19. The molecule has 0 saturated heterocycles. The molecule has 0 amide bonds. The molecule has 84 valence electrons. The van der Waals surface area contributed by atoms with Gasteiger partial charge >= 0.3 is 0 Å². The molecule has 1 heterocycles. The Hall–Kier alpha value is -1.10. The van der Waals surface area contributed by atoms with Crippen LogP contribution in [0.25, 0.3) is 0 Å². The van der Waals surface area contributed by atoms with Crippen molar-refractivity contribution in [3.8, 4) is 0 Å². The summed E-state index contributed by atoms with van der Waals surface area (Å²) < 4.78 is 1.94. The SMILES string of the molecule is CCCNC(=S)Nc1cnn(CC)c1C. The number of nitrogens with one attached hydrogen (secondary N) is 2. The normalized spacial score (nSPS) is 10.1. The molecule has 0 bridgehead atoms. The maximum atomic E-state index is 5.15. The Morgan fingerprint density at radius 3 is 2.80 bits per heavy atom. The number of rotatable bonds is 4. The molecular formula is C10H18N4S. The van der Waals surface area contributed by atoms with E-state index in [0.29, 0.717) is 5.11 Å². The Morgan fingerprint density at radius 2 is 2.27 bits per heavy atom. The second-order valence-electron chi connectivity index (χ2n) is 3.34. The summed E-state index contributed by atoms with van der Waals surface area (Å²) in [5, 5.41) is 11.2. The highest BCUT2D eigenvalue weighted by Crippen LogP contribution is 2.12. The highest BCUT2D eigenvalue weighted by molar-refractivity contribution is 7.80. The number of aryl methyl sites for hydroxylation is 1. The lowest BCUT2D eigenvalue weighted by molar-refractivity contribution is 0.640. The van der Waals surface area contributed by atoms with Crippen molar-refractivity contribution in [1.82, 2.24) is 15.1 Å². The molecule has 0 unspecified atom stereocenters. The molecule has 0 aromatic carbocycles. The van der Waals surface area contributed by atoms with Gasteiger partial charge in [-0.1, -0.05) is 6.92 Å². The number of anilines is 1. The Morgan fingerprint density at radius 1 is 1.53 bits per heavy atom. The topological polar surface area (TPSA) is 41.9 Å². The molecule has 0 aliphatic carbocycles. The van der Waals surface area contributed by atoms with Crippen LogP contribution in [0.5, 0.6) is 0 Å². The lowest BCUT2D eigenvalue weighted by Crippen LogP contribution is -2.29. The Kier molecular flexibility index (Phi) is 4.55. The smallest absolute Gasteiger partial charge is 0.170 e. The molecule has 4 nitrogen and oxygen atoms in total. The number of nitrogens with zero attached hydrogens (tertiary/aromatic N) is 2. The van der Waals surface area contributed by atoms with E-state index in [1.54, 1.807) is 6.20 Å². The number of hydrogen-bond donors (Lipinski definition) is 2. The van der Waals surface area contributed by atoms with Gasteiger partial charge in [0.25, 0.3) is 0 Å². The van der Waals surface area contributed by atoms with E-state index in [2.05, 4.69) is 29.6 Å². The van der Waals surface area contributed by atoms with Crippen LogP contribution < -0.4 is 10.6 Å². The minimum Gasteiger partial charge on any atom is -0.362 e. The molecule has 0 atom stereocenters. The van der Waals surface area contributed by atoms with E-state index in [1.807, 2.05) is 11.6 Å². The van der Waals surface area contributed by atoms with E-state index < -0.39 is 0 Å². The van der Waals surface area contributed by atoms with Crippen LogP contribution in [0, 0.1) is 6.92 Å². The lowest BCUT2D eigenvalue weighted by atomic mass is 10.4. The maximum absolute atomic E-state index is 5.15. The third kappa shape index (κ3) is 3.20. The molecular weight excluding hydrogens is 208 g/mol. The van der Waals surface area contributed by atoms with Crippen LogP contribution in [-0.4, -0.2) is 21.4 Å². The Balaban J connectivity index is 2.56. The van der Waals surface area contributed by atoms with E-state index in [4.69, 9.17) is 12.2 Å². The first kappa shape index (κ1) is 12.0. The molecule has 0 aliphatic rings. The summed E-state index contributed by atoms with van der Waals surface area (Å²) >= 11 is 5.15. The van der Waals surface area contributed by atoms with E-state index in [0.717, 1.165) is 30.9 Å². The van der Waals surface area contributed by atoms with Gasteiger partial charge in [-0.15, -0.1) is 0 Å². The summed E-state index contributed by atoms with van der Waals surface area (Å²) in [6.45, 7) is 7.98. The van der Waals surface area contributed by atoms with Crippen molar-refractivity contribution >= 4 is 23.0 Å². The zero-order chi connectivity index (χ0) is 11.3. The largest absolute Gasteiger partial charge is 0.362 e. The van der Waals surface area contributed by atoms with Crippen LogP contribution in [-0.2, 0) is 6.54 Å². The molecule has 0 spiro atoms. The lowest BCUT2D eigenvalue weighted by Gasteiger charge is -2.09. The molecule has 1 aromatic rings. The predicted octanol–water partition coefficient (Wildman–Crippen LogP) is 1.91. The van der Waals surface area contributed by atoms with Gasteiger partial charge in [0.15, 0.2) is 5.11 Å². The van der Waals surface area contributed by atoms with Crippen molar-refractivity contribution in [3.05, 3.63) is 11.9 Å². The first-order chi connectivity index (χ1) is 7.19. The molecule has 0 radical (unpaired) electrons. The molecule has 0 aliphatic heterocycles. The molecule has 1 rings (SSSR count). The van der Waals surface area contributed by atoms with Crippen LogP contribution in [0.2, 0.25) is 0 Å². The van der Waals surface area contributed by atoms with Gasteiger partial charge in [-0.25, -0.2) is 0 Å². The second-order valence-corrected chi connectivity index (χ2v) is 3.75. The summed E-state index contributed by atoms with van der Waals surface area (Å²) in [5.74, 6) is 0. The van der Waals surface area contributed by atoms with E-state index in [1.165, 1.54) is 0 Å². The highest BCUT2D eigenvalue weighted by atomic mass is 32.1. The number of thiocarbonyl (C=S) groups is 1. The van der Waals surface area contributed by atoms with Gasteiger partial charge in [0.1, 0.15) is 0 Å². The first-order valence-electron chi connectivity index (χ1n) is 5.26. The van der Waals surface area contributed by atoms with Gasteiger partial charge in [-0.05, 0) is 32.5 Å². The van der Waals surface area contributed by atoms with Crippen molar-refractivity contribution in [2.45, 2.75) is 33.7 Å². The minimum absolute atomic E-state index is 0.663. The summed E-state index contributed by atoms with van der Waals surface area (Å²) in [6, 6.07) is 0. The zero-order valence-corrected chi connectivity index (χ0v) is 10.3. The molecule has 15 heavy (non-hydrogen) atoms. The van der Waals surface area contributed by atoms with Gasteiger partial charge in [0, 0.05) is 13.1 Å². The predicted molar refractivity (Wildman–Crippen MR) is 67.2 cm³/mol. The van der Waals surface area contributed by atoms with Crippen molar-refractivity contribution in [3.63, 3.8) is 0 Å². The van der Waals surface area contributed by atoms with Crippen LogP contribution in [0.4, 0.5) is 5.69 Å². The molecule has 0 fully saturated rings. The summed E-state index contributed by atoms with van der Waals surface area (Å²) in [5.41, 5.74) is 2.09. The average molecular weight is 226 g/mol. The monoisotopic (exact) mass is 226 g/mol.